The van der Waals surface area contributed by atoms with E-state index in [2.05, 4.69) is 22.1 Å². The zero-order chi connectivity index (χ0) is 14.5. The van der Waals surface area contributed by atoms with E-state index in [9.17, 15) is 4.79 Å². The summed E-state index contributed by atoms with van der Waals surface area (Å²) in [4.78, 5) is 17.7. The van der Waals surface area contributed by atoms with Crippen molar-refractivity contribution in [3.8, 4) is 0 Å². The van der Waals surface area contributed by atoms with Gasteiger partial charge in [0.1, 0.15) is 11.5 Å². The number of amides is 1. The number of nitrogens with one attached hydrogen (secondary N) is 1. The average Bonchev–Trinajstić information content (AvgIpc) is 2.90. The number of nitrogens with two attached hydrogens (primary N) is 2. The van der Waals surface area contributed by atoms with Crippen LogP contribution in [0, 0.1) is 5.92 Å². The van der Waals surface area contributed by atoms with Crippen LogP contribution < -0.4 is 16.8 Å². The molecule has 0 radical (unpaired) electrons. The Morgan fingerprint density at radius 1 is 1.45 bits per heavy atom. The molecule has 1 aromatic heterocycles. The van der Waals surface area contributed by atoms with Crippen molar-refractivity contribution in [2.24, 2.45) is 11.7 Å². The van der Waals surface area contributed by atoms with E-state index in [4.69, 9.17) is 11.5 Å². The van der Waals surface area contributed by atoms with Crippen molar-refractivity contribution in [2.45, 2.75) is 19.8 Å². The monoisotopic (exact) mass is 277 g/mol. The van der Waals surface area contributed by atoms with Gasteiger partial charge in [-0.3, -0.25) is 4.79 Å². The van der Waals surface area contributed by atoms with E-state index < -0.39 is 5.91 Å². The molecular weight excluding hydrogens is 254 g/mol. The first-order valence-electron chi connectivity index (χ1n) is 7.09. The molecule has 1 unspecified atom stereocenters. The van der Waals surface area contributed by atoms with Crippen LogP contribution in [0.15, 0.2) is 12.1 Å². The molecule has 1 amide bonds. The van der Waals surface area contributed by atoms with Crippen LogP contribution in [0.2, 0.25) is 0 Å². The van der Waals surface area contributed by atoms with Crippen molar-refractivity contribution in [2.75, 3.05) is 37.2 Å². The van der Waals surface area contributed by atoms with E-state index in [1.807, 2.05) is 0 Å². The Morgan fingerprint density at radius 3 is 2.80 bits per heavy atom. The first kappa shape index (κ1) is 14.6. The van der Waals surface area contributed by atoms with Crippen LogP contribution in [0.4, 0.5) is 11.5 Å². The van der Waals surface area contributed by atoms with E-state index in [-0.39, 0.29) is 5.69 Å². The van der Waals surface area contributed by atoms with E-state index in [1.54, 1.807) is 6.07 Å². The van der Waals surface area contributed by atoms with Crippen molar-refractivity contribution in [1.82, 2.24) is 9.88 Å². The maximum absolute atomic E-state index is 11.1. The molecule has 0 saturated carbocycles. The zero-order valence-corrected chi connectivity index (χ0v) is 11.9. The van der Waals surface area contributed by atoms with Gasteiger partial charge in [0.15, 0.2) is 0 Å². The van der Waals surface area contributed by atoms with E-state index in [0.29, 0.717) is 17.4 Å². The van der Waals surface area contributed by atoms with Crippen LogP contribution in [-0.2, 0) is 0 Å². The summed E-state index contributed by atoms with van der Waals surface area (Å²) < 4.78 is 0. The number of nitrogens with zero attached hydrogens (tertiary/aromatic N) is 2. The van der Waals surface area contributed by atoms with Gasteiger partial charge >= 0.3 is 0 Å². The number of hydrogen-bond acceptors (Lipinski definition) is 5. The lowest BCUT2D eigenvalue weighted by Gasteiger charge is -2.21. The van der Waals surface area contributed by atoms with Crippen molar-refractivity contribution >= 4 is 17.4 Å². The number of aromatic nitrogens is 1. The second-order valence-electron chi connectivity index (χ2n) is 5.49. The van der Waals surface area contributed by atoms with Gasteiger partial charge in [0.2, 0.25) is 0 Å². The van der Waals surface area contributed by atoms with Crippen molar-refractivity contribution in [1.29, 1.82) is 0 Å². The number of likely N-dealkylation sites (tertiary alicyclic amines) is 1. The highest BCUT2D eigenvalue weighted by Crippen LogP contribution is 2.17. The lowest BCUT2D eigenvalue weighted by atomic mass is 10.1. The van der Waals surface area contributed by atoms with E-state index >= 15 is 0 Å². The number of primary amides is 1. The van der Waals surface area contributed by atoms with Gasteiger partial charge in [0, 0.05) is 13.1 Å². The molecule has 0 bridgehead atoms. The van der Waals surface area contributed by atoms with Gasteiger partial charge in [-0.15, -0.1) is 0 Å². The summed E-state index contributed by atoms with van der Waals surface area (Å²) in [6, 6.07) is 3.19. The van der Waals surface area contributed by atoms with Crippen LogP contribution in [0.5, 0.6) is 0 Å². The Bertz CT molecular complexity index is 471. The molecule has 0 aromatic carbocycles. The number of nitrogen functional groups attached to an aromatic ring is 1. The Labute approximate surface area is 119 Å². The van der Waals surface area contributed by atoms with Gasteiger partial charge in [-0.05, 0) is 44.0 Å². The van der Waals surface area contributed by atoms with Crippen LogP contribution in [0.1, 0.15) is 30.3 Å². The molecule has 1 aliphatic rings. The zero-order valence-electron chi connectivity index (χ0n) is 11.9. The lowest BCUT2D eigenvalue weighted by molar-refractivity contribution is 0.0996. The van der Waals surface area contributed by atoms with Crippen LogP contribution in [0.25, 0.3) is 0 Å². The fourth-order valence-electron chi connectivity index (χ4n) is 2.49. The molecule has 0 aliphatic carbocycles. The Hall–Kier alpha value is -1.82. The quantitative estimate of drug-likeness (QED) is 0.718. The van der Waals surface area contributed by atoms with Gasteiger partial charge in [-0.1, -0.05) is 6.92 Å². The summed E-state index contributed by atoms with van der Waals surface area (Å²) in [6.45, 7) is 6.43. The molecule has 2 rings (SSSR count). The SMILES string of the molecule is CC(CNc1nc(C(N)=O)ccc1N)CN1CCCC1. The fraction of sp³-hybridized carbons (Fsp3) is 0.571. The molecule has 0 spiro atoms. The van der Waals surface area contributed by atoms with E-state index in [0.717, 1.165) is 13.1 Å². The molecule has 1 aromatic rings. The number of carbonyl (C=O) groups excluding carboxylic acids is 1. The Morgan fingerprint density at radius 2 is 2.15 bits per heavy atom. The molecule has 1 fully saturated rings. The standard InChI is InChI=1S/C14H23N5O/c1-10(9-19-6-2-3-7-19)8-17-14-11(15)4-5-12(18-14)13(16)20/h4-5,10H,2-3,6-9,15H2,1H3,(H2,16,20)(H,17,18). The van der Waals surface area contributed by atoms with Gasteiger partial charge in [0.25, 0.3) is 5.91 Å². The number of carbonyl (C=O) groups is 1. The van der Waals surface area contributed by atoms with Crippen molar-refractivity contribution in [3.63, 3.8) is 0 Å². The van der Waals surface area contributed by atoms with Gasteiger partial charge in [-0.25, -0.2) is 4.98 Å². The summed E-state index contributed by atoms with van der Waals surface area (Å²) in [5.74, 6) is 0.485. The maximum Gasteiger partial charge on any atom is 0.267 e. The van der Waals surface area contributed by atoms with Crippen molar-refractivity contribution < 1.29 is 4.79 Å². The molecule has 1 aliphatic heterocycles. The van der Waals surface area contributed by atoms with Gasteiger partial charge in [-0.2, -0.15) is 0 Å². The molecule has 6 nitrogen and oxygen atoms in total. The summed E-state index contributed by atoms with van der Waals surface area (Å²) in [5, 5.41) is 3.21. The van der Waals surface area contributed by atoms with Crippen LogP contribution in [0.3, 0.4) is 0 Å². The maximum atomic E-state index is 11.1. The third kappa shape index (κ3) is 3.84. The van der Waals surface area contributed by atoms with Crippen LogP contribution >= 0.6 is 0 Å². The minimum atomic E-state index is -0.543. The molecule has 6 heteroatoms. The van der Waals surface area contributed by atoms with E-state index in [1.165, 1.54) is 32.0 Å². The largest absolute Gasteiger partial charge is 0.396 e. The molecule has 1 saturated heterocycles. The first-order chi connectivity index (χ1) is 9.56. The summed E-state index contributed by atoms with van der Waals surface area (Å²) in [7, 11) is 0. The predicted molar refractivity (Wildman–Crippen MR) is 80.5 cm³/mol. The topological polar surface area (TPSA) is 97.3 Å². The molecule has 1 atom stereocenters. The van der Waals surface area contributed by atoms with Crippen molar-refractivity contribution in [3.05, 3.63) is 17.8 Å². The lowest BCUT2D eigenvalue weighted by Crippen LogP contribution is -2.29. The second-order valence-corrected chi connectivity index (χ2v) is 5.49. The predicted octanol–water partition coefficient (Wildman–Crippen LogP) is 0.906. The highest BCUT2D eigenvalue weighted by Gasteiger charge is 2.15. The summed E-state index contributed by atoms with van der Waals surface area (Å²) in [6.07, 6.45) is 2.60. The third-order valence-electron chi connectivity index (χ3n) is 3.57. The number of pyridine rings is 1. The summed E-state index contributed by atoms with van der Waals surface area (Å²) >= 11 is 0. The smallest absolute Gasteiger partial charge is 0.267 e. The Kier molecular flexibility index (Phi) is 4.79. The van der Waals surface area contributed by atoms with Gasteiger partial charge in [0.05, 0.1) is 5.69 Å². The summed E-state index contributed by atoms with van der Waals surface area (Å²) in [5.41, 5.74) is 11.8. The minimum absolute atomic E-state index is 0.230. The third-order valence-corrected chi connectivity index (χ3v) is 3.57. The highest BCUT2D eigenvalue weighted by molar-refractivity contribution is 5.91. The molecule has 20 heavy (non-hydrogen) atoms. The molecule has 110 valence electrons. The Balaban J connectivity index is 1.89. The highest BCUT2D eigenvalue weighted by atomic mass is 16.1. The number of rotatable bonds is 6. The second kappa shape index (κ2) is 6.56. The average molecular weight is 277 g/mol. The molecule has 5 N–H and O–H groups in total. The fourth-order valence-corrected chi connectivity index (χ4v) is 2.49. The van der Waals surface area contributed by atoms with Crippen LogP contribution in [-0.4, -0.2) is 42.0 Å². The first-order valence-corrected chi connectivity index (χ1v) is 7.09. The molecule has 2 heterocycles. The number of hydrogen-bond donors (Lipinski definition) is 3. The number of anilines is 2. The minimum Gasteiger partial charge on any atom is -0.396 e. The normalized spacial score (nSPS) is 17.1. The van der Waals surface area contributed by atoms with Gasteiger partial charge < -0.3 is 21.7 Å². The molecular formula is C14H23N5O.